The van der Waals surface area contributed by atoms with E-state index in [4.69, 9.17) is 0 Å². The molecule has 2 saturated heterocycles. The Morgan fingerprint density at radius 2 is 2.12 bits per heavy atom. The van der Waals surface area contributed by atoms with Gasteiger partial charge >= 0.3 is 0 Å². The summed E-state index contributed by atoms with van der Waals surface area (Å²) in [5.41, 5.74) is 0. The maximum Gasteiger partial charge on any atom is 0.237 e. The van der Waals surface area contributed by atoms with E-state index in [1.807, 2.05) is 0 Å². The van der Waals surface area contributed by atoms with Gasteiger partial charge in [-0.15, -0.1) is 0 Å². The molecule has 1 aliphatic carbocycles. The molecule has 1 amide bonds. The molecule has 0 aromatic carbocycles. The van der Waals surface area contributed by atoms with Crippen molar-refractivity contribution >= 4 is 5.91 Å². The molecule has 3 atom stereocenters. The fourth-order valence-corrected chi connectivity index (χ4v) is 3.15. The van der Waals surface area contributed by atoms with E-state index in [2.05, 4.69) is 22.5 Å². The summed E-state index contributed by atoms with van der Waals surface area (Å²) in [4.78, 5) is 14.6. The van der Waals surface area contributed by atoms with Crippen LogP contribution in [0.2, 0.25) is 0 Å². The first-order valence-corrected chi connectivity index (χ1v) is 7.02. The van der Waals surface area contributed by atoms with Crippen LogP contribution in [0.3, 0.4) is 0 Å². The number of nitrogens with zero attached hydrogens (tertiary/aromatic N) is 1. The van der Waals surface area contributed by atoms with Gasteiger partial charge in [0, 0.05) is 25.2 Å². The zero-order valence-electron chi connectivity index (χ0n) is 10.6. The summed E-state index contributed by atoms with van der Waals surface area (Å²) >= 11 is 0. The Kier molecular flexibility index (Phi) is 3.09. The Hall–Kier alpha value is -0.610. The lowest BCUT2D eigenvalue weighted by molar-refractivity contribution is -0.124. The Bertz CT molecular complexity index is 303. The van der Waals surface area contributed by atoms with E-state index in [9.17, 15) is 4.79 Å². The van der Waals surface area contributed by atoms with Gasteiger partial charge in [-0.3, -0.25) is 9.69 Å². The van der Waals surface area contributed by atoms with Crippen LogP contribution in [-0.4, -0.2) is 48.6 Å². The van der Waals surface area contributed by atoms with Crippen LogP contribution in [0.1, 0.15) is 32.6 Å². The molecule has 96 valence electrons. The molecule has 0 aromatic rings. The first-order valence-electron chi connectivity index (χ1n) is 7.02. The molecule has 3 aliphatic rings. The second-order valence-corrected chi connectivity index (χ2v) is 5.92. The highest BCUT2D eigenvalue weighted by Gasteiger charge is 2.36. The average molecular weight is 237 g/mol. The minimum absolute atomic E-state index is 0.0463. The van der Waals surface area contributed by atoms with Gasteiger partial charge in [-0.25, -0.2) is 0 Å². The van der Waals surface area contributed by atoms with Crippen molar-refractivity contribution in [1.29, 1.82) is 0 Å². The molecule has 0 radical (unpaired) electrons. The van der Waals surface area contributed by atoms with Crippen molar-refractivity contribution in [2.24, 2.45) is 5.92 Å². The van der Waals surface area contributed by atoms with Crippen LogP contribution in [0.15, 0.2) is 0 Å². The van der Waals surface area contributed by atoms with Crippen molar-refractivity contribution < 1.29 is 4.79 Å². The maximum atomic E-state index is 12.1. The van der Waals surface area contributed by atoms with E-state index in [1.165, 1.54) is 19.4 Å². The molecular weight excluding hydrogens is 214 g/mol. The number of amides is 1. The van der Waals surface area contributed by atoms with E-state index in [0.717, 1.165) is 32.0 Å². The summed E-state index contributed by atoms with van der Waals surface area (Å²) in [5, 5.41) is 6.52. The fraction of sp³-hybridized carbons (Fsp3) is 0.923. The number of carbonyl (C=O) groups is 1. The molecule has 3 rings (SSSR count). The normalized spacial score (nSPS) is 38.5. The van der Waals surface area contributed by atoms with Gasteiger partial charge in [0.1, 0.15) is 0 Å². The van der Waals surface area contributed by atoms with Crippen molar-refractivity contribution in [3.05, 3.63) is 0 Å². The summed E-state index contributed by atoms with van der Waals surface area (Å²) in [6, 6.07) is 1.27. The fourth-order valence-electron chi connectivity index (χ4n) is 3.15. The molecule has 0 aromatic heterocycles. The highest BCUT2D eigenvalue weighted by atomic mass is 16.2. The molecular formula is C13H23N3O. The van der Waals surface area contributed by atoms with Crippen LogP contribution in [0.4, 0.5) is 0 Å². The number of hydrogen-bond acceptors (Lipinski definition) is 3. The molecule has 1 saturated carbocycles. The summed E-state index contributed by atoms with van der Waals surface area (Å²) < 4.78 is 0. The van der Waals surface area contributed by atoms with Gasteiger partial charge in [0.25, 0.3) is 0 Å². The number of carbonyl (C=O) groups excluding carboxylic acids is 1. The van der Waals surface area contributed by atoms with Crippen LogP contribution in [0, 0.1) is 5.92 Å². The van der Waals surface area contributed by atoms with E-state index in [0.29, 0.717) is 12.0 Å². The molecule has 4 nitrogen and oxygen atoms in total. The Balaban J connectivity index is 1.48. The third-order valence-corrected chi connectivity index (χ3v) is 4.44. The van der Waals surface area contributed by atoms with Crippen molar-refractivity contribution in [1.82, 2.24) is 15.5 Å². The highest BCUT2D eigenvalue weighted by molar-refractivity contribution is 5.82. The lowest BCUT2D eigenvalue weighted by Crippen LogP contribution is -2.48. The monoisotopic (exact) mass is 237 g/mol. The van der Waals surface area contributed by atoms with Gasteiger partial charge < -0.3 is 10.6 Å². The Labute approximate surface area is 103 Å². The Morgan fingerprint density at radius 3 is 2.76 bits per heavy atom. The van der Waals surface area contributed by atoms with Crippen LogP contribution in [-0.2, 0) is 4.79 Å². The zero-order chi connectivity index (χ0) is 11.8. The van der Waals surface area contributed by atoms with Crippen molar-refractivity contribution in [3.63, 3.8) is 0 Å². The molecule has 2 aliphatic heterocycles. The molecule has 0 spiro atoms. The highest BCUT2D eigenvalue weighted by Crippen LogP contribution is 2.29. The van der Waals surface area contributed by atoms with Crippen LogP contribution >= 0.6 is 0 Å². The average Bonchev–Trinajstić information content (AvgIpc) is 2.90. The van der Waals surface area contributed by atoms with Gasteiger partial charge in [0.2, 0.25) is 5.91 Å². The van der Waals surface area contributed by atoms with Crippen molar-refractivity contribution in [2.75, 3.05) is 19.6 Å². The number of rotatable bonds is 3. The van der Waals surface area contributed by atoms with Gasteiger partial charge in [0.05, 0.1) is 6.04 Å². The first kappa shape index (κ1) is 11.5. The number of hydrogen-bond donors (Lipinski definition) is 2. The summed E-state index contributed by atoms with van der Waals surface area (Å²) in [7, 11) is 0. The van der Waals surface area contributed by atoms with Crippen LogP contribution < -0.4 is 10.6 Å². The van der Waals surface area contributed by atoms with Crippen LogP contribution in [0.25, 0.3) is 0 Å². The standard InChI is InChI=1S/C13H23N3O/c1-9-4-6-14-12(9)13(17)15-10-5-7-16(8-10)11-2-3-11/h9-12,14H,2-8H2,1H3,(H,15,17). The smallest absolute Gasteiger partial charge is 0.237 e. The second kappa shape index (κ2) is 4.58. The molecule has 3 unspecified atom stereocenters. The van der Waals surface area contributed by atoms with E-state index >= 15 is 0 Å². The minimum Gasteiger partial charge on any atom is -0.351 e. The quantitative estimate of drug-likeness (QED) is 0.744. The first-order chi connectivity index (χ1) is 8.24. The van der Waals surface area contributed by atoms with E-state index < -0.39 is 0 Å². The molecule has 17 heavy (non-hydrogen) atoms. The Morgan fingerprint density at radius 1 is 1.29 bits per heavy atom. The number of likely N-dealkylation sites (tertiary alicyclic amines) is 1. The summed E-state index contributed by atoms with van der Waals surface area (Å²) in [6.45, 7) is 5.38. The molecule has 3 fully saturated rings. The number of nitrogens with one attached hydrogen (secondary N) is 2. The molecule has 0 bridgehead atoms. The summed E-state index contributed by atoms with van der Waals surface area (Å²) in [5.74, 6) is 0.702. The third-order valence-electron chi connectivity index (χ3n) is 4.44. The van der Waals surface area contributed by atoms with Gasteiger partial charge in [0.15, 0.2) is 0 Å². The molecule has 4 heteroatoms. The predicted octanol–water partition coefficient (Wildman–Crippen LogP) is 0.337. The van der Waals surface area contributed by atoms with Crippen molar-refractivity contribution in [3.8, 4) is 0 Å². The lowest BCUT2D eigenvalue weighted by Gasteiger charge is -2.20. The van der Waals surface area contributed by atoms with Crippen LogP contribution in [0.5, 0.6) is 0 Å². The van der Waals surface area contributed by atoms with Gasteiger partial charge in [-0.05, 0) is 38.1 Å². The minimum atomic E-state index is 0.0463. The lowest BCUT2D eigenvalue weighted by atomic mass is 10.0. The second-order valence-electron chi connectivity index (χ2n) is 5.92. The maximum absolute atomic E-state index is 12.1. The van der Waals surface area contributed by atoms with Gasteiger partial charge in [-0.1, -0.05) is 6.92 Å². The topological polar surface area (TPSA) is 44.4 Å². The van der Waals surface area contributed by atoms with E-state index in [-0.39, 0.29) is 11.9 Å². The van der Waals surface area contributed by atoms with E-state index in [1.54, 1.807) is 0 Å². The molecule has 2 heterocycles. The SMILES string of the molecule is CC1CCNC1C(=O)NC1CCN(C2CC2)C1. The van der Waals surface area contributed by atoms with Gasteiger partial charge in [-0.2, -0.15) is 0 Å². The largest absolute Gasteiger partial charge is 0.351 e. The molecule has 2 N–H and O–H groups in total. The zero-order valence-corrected chi connectivity index (χ0v) is 10.6. The predicted molar refractivity (Wildman–Crippen MR) is 66.7 cm³/mol. The third kappa shape index (κ3) is 2.47. The summed E-state index contributed by atoms with van der Waals surface area (Å²) in [6.07, 6.45) is 4.98. The van der Waals surface area contributed by atoms with Crippen molar-refractivity contribution in [2.45, 2.75) is 50.7 Å².